The van der Waals surface area contributed by atoms with Gasteiger partial charge in [0.1, 0.15) is 5.69 Å². The molecule has 62 valence electrons. The molecule has 1 aliphatic carbocycles. The number of nitrogens with zero attached hydrogens (tertiary/aromatic N) is 1. The lowest BCUT2D eigenvalue weighted by Gasteiger charge is -1.99. The Labute approximate surface area is 71.6 Å². The van der Waals surface area contributed by atoms with E-state index < -0.39 is 0 Å². The molecule has 0 fully saturated rings. The summed E-state index contributed by atoms with van der Waals surface area (Å²) in [5.41, 5.74) is 3.05. The fourth-order valence-electron chi connectivity index (χ4n) is 1.62. The van der Waals surface area contributed by atoms with Crippen LogP contribution in [0.1, 0.15) is 35.1 Å². The molecule has 0 spiro atoms. The van der Waals surface area contributed by atoms with Crippen LogP contribution in [-0.4, -0.2) is 10.8 Å². The molecule has 0 N–H and O–H groups in total. The van der Waals surface area contributed by atoms with Gasteiger partial charge in [0.15, 0.2) is 5.78 Å². The minimum Gasteiger partial charge on any atom is -0.293 e. The Morgan fingerprint density at radius 1 is 1.42 bits per heavy atom. The van der Waals surface area contributed by atoms with Crippen LogP contribution in [0, 0.1) is 0 Å². The molecule has 0 amide bonds. The fourth-order valence-corrected chi connectivity index (χ4v) is 1.62. The van der Waals surface area contributed by atoms with Crippen molar-refractivity contribution < 1.29 is 4.79 Å². The third kappa shape index (κ3) is 1.13. The number of carbonyl (C=O) groups is 1. The lowest BCUT2D eigenvalue weighted by Crippen LogP contribution is -1.99. The molecule has 0 radical (unpaired) electrons. The van der Waals surface area contributed by atoms with E-state index in [1.54, 1.807) is 6.92 Å². The van der Waals surface area contributed by atoms with Crippen LogP contribution in [0.15, 0.2) is 12.1 Å². The number of hydrogen-bond donors (Lipinski definition) is 0. The molecule has 0 atom stereocenters. The van der Waals surface area contributed by atoms with Crippen molar-refractivity contribution in [1.82, 2.24) is 4.98 Å². The van der Waals surface area contributed by atoms with E-state index in [0.717, 1.165) is 18.5 Å². The second-order valence-electron chi connectivity index (χ2n) is 3.21. The van der Waals surface area contributed by atoms with Gasteiger partial charge in [-0.2, -0.15) is 0 Å². The van der Waals surface area contributed by atoms with Crippen molar-refractivity contribution in [1.29, 1.82) is 0 Å². The number of rotatable bonds is 1. The molecule has 1 heterocycles. The first-order valence-corrected chi connectivity index (χ1v) is 4.27. The summed E-state index contributed by atoms with van der Waals surface area (Å²) >= 11 is 0. The largest absolute Gasteiger partial charge is 0.293 e. The Balaban J connectivity index is 2.45. The smallest absolute Gasteiger partial charge is 0.178 e. The molecule has 2 rings (SSSR count). The summed E-state index contributed by atoms with van der Waals surface area (Å²) in [6.45, 7) is 1.56. The molecule has 2 heteroatoms. The van der Waals surface area contributed by atoms with E-state index in [4.69, 9.17) is 0 Å². The first kappa shape index (κ1) is 7.47. The highest BCUT2D eigenvalue weighted by molar-refractivity contribution is 5.92. The SMILES string of the molecule is CC(=O)c1ccc2c(n1)CCC2. The highest BCUT2D eigenvalue weighted by atomic mass is 16.1. The van der Waals surface area contributed by atoms with Crippen molar-refractivity contribution in [3.8, 4) is 0 Å². The van der Waals surface area contributed by atoms with Crippen LogP contribution >= 0.6 is 0 Å². The van der Waals surface area contributed by atoms with Crippen LogP contribution in [-0.2, 0) is 12.8 Å². The number of fused-ring (bicyclic) bond motifs is 1. The summed E-state index contributed by atoms with van der Waals surface area (Å²) in [4.78, 5) is 15.3. The summed E-state index contributed by atoms with van der Waals surface area (Å²) in [6, 6.07) is 3.86. The summed E-state index contributed by atoms with van der Waals surface area (Å²) in [5.74, 6) is 0.0599. The molecule has 12 heavy (non-hydrogen) atoms. The first-order chi connectivity index (χ1) is 5.77. The van der Waals surface area contributed by atoms with Gasteiger partial charge >= 0.3 is 0 Å². The van der Waals surface area contributed by atoms with E-state index in [0.29, 0.717) is 5.69 Å². The van der Waals surface area contributed by atoms with Crippen LogP contribution in [0.3, 0.4) is 0 Å². The maximum Gasteiger partial charge on any atom is 0.178 e. The van der Waals surface area contributed by atoms with Gasteiger partial charge in [0.25, 0.3) is 0 Å². The van der Waals surface area contributed by atoms with Crippen molar-refractivity contribution in [2.75, 3.05) is 0 Å². The summed E-state index contributed by atoms with van der Waals surface area (Å²) in [6.07, 6.45) is 3.35. The highest BCUT2D eigenvalue weighted by Gasteiger charge is 2.13. The quantitative estimate of drug-likeness (QED) is 0.587. The third-order valence-electron chi connectivity index (χ3n) is 2.29. The Morgan fingerprint density at radius 3 is 3.00 bits per heavy atom. The predicted molar refractivity (Wildman–Crippen MR) is 46.3 cm³/mol. The van der Waals surface area contributed by atoms with E-state index in [1.165, 1.54) is 12.0 Å². The molecule has 0 unspecified atom stereocenters. The number of aryl methyl sites for hydroxylation is 2. The second-order valence-corrected chi connectivity index (χ2v) is 3.21. The average Bonchev–Trinajstić information content (AvgIpc) is 2.49. The molecular weight excluding hydrogens is 150 g/mol. The fraction of sp³-hybridized carbons (Fsp3) is 0.400. The molecule has 0 saturated carbocycles. The molecule has 0 aliphatic heterocycles. The van der Waals surface area contributed by atoms with Crippen molar-refractivity contribution >= 4 is 5.78 Å². The lowest BCUT2D eigenvalue weighted by molar-refractivity contribution is 0.101. The Kier molecular flexibility index (Phi) is 1.68. The minimum absolute atomic E-state index is 0.0599. The van der Waals surface area contributed by atoms with E-state index >= 15 is 0 Å². The first-order valence-electron chi connectivity index (χ1n) is 4.27. The average molecular weight is 161 g/mol. The zero-order chi connectivity index (χ0) is 8.55. The number of ketones is 1. The van der Waals surface area contributed by atoms with Crippen molar-refractivity contribution in [3.63, 3.8) is 0 Å². The van der Waals surface area contributed by atoms with Gasteiger partial charge in [-0.05, 0) is 30.9 Å². The van der Waals surface area contributed by atoms with E-state index in [2.05, 4.69) is 4.98 Å². The zero-order valence-corrected chi connectivity index (χ0v) is 7.13. The van der Waals surface area contributed by atoms with Crippen LogP contribution in [0.25, 0.3) is 0 Å². The minimum atomic E-state index is 0.0599. The van der Waals surface area contributed by atoms with Crippen molar-refractivity contribution in [2.45, 2.75) is 26.2 Å². The van der Waals surface area contributed by atoms with Gasteiger partial charge in [0.05, 0.1) is 0 Å². The highest BCUT2D eigenvalue weighted by Crippen LogP contribution is 2.19. The number of pyridine rings is 1. The Hall–Kier alpha value is -1.18. The molecular formula is C10H11NO. The molecule has 1 aromatic rings. The topological polar surface area (TPSA) is 30.0 Å². The van der Waals surface area contributed by atoms with Gasteiger partial charge in [0, 0.05) is 12.6 Å². The molecule has 1 aliphatic rings. The van der Waals surface area contributed by atoms with Gasteiger partial charge < -0.3 is 0 Å². The summed E-state index contributed by atoms with van der Waals surface area (Å²) in [7, 11) is 0. The normalized spacial score (nSPS) is 14.4. The molecule has 0 bridgehead atoms. The Bertz CT molecular complexity index is 331. The van der Waals surface area contributed by atoms with Crippen LogP contribution in [0.5, 0.6) is 0 Å². The standard InChI is InChI=1S/C10H11NO/c1-7(12)9-6-5-8-3-2-4-10(8)11-9/h5-6H,2-4H2,1H3. The van der Waals surface area contributed by atoms with Gasteiger partial charge in [0.2, 0.25) is 0 Å². The maximum absolute atomic E-state index is 11.0. The number of aromatic nitrogens is 1. The van der Waals surface area contributed by atoms with E-state index in [1.807, 2.05) is 12.1 Å². The summed E-state index contributed by atoms with van der Waals surface area (Å²) < 4.78 is 0. The number of hydrogen-bond acceptors (Lipinski definition) is 2. The van der Waals surface area contributed by atoms with E-state index in [-0.39, 0.29) is 5.78 Å². The van der Waals surface area contributed by atoms with Gasteiger partial charge in [-0.15, -0.1) is 0 Å². The molecule has 1 aromatic heterocycles. The predicted octanol–water partition coefficient (Wildman–Crippen LogP) is 1.77. The third-order valence-corrected chi connectivity index (χ3v) is 2.29. The number of carbonyl (C=O) groups excluding carboxylic acids is 1. The van der Waals surface area contributed by atoms with Crippen LogP contribution in [0.2, 0.25) is 0 Å². The van der Waals surface area contributed by atoms with Crippen LogP contribution in [0.4, 0.5) is 0 Å². The van der Waals surface area contributed by atoms with Gasteiger partial charge in [-0.3, -0.25) is 4.79 Å². The molecule has 0 aromatic carbocycles. The Morgan fingerprint density at radius 2 is 2.25 bits per heavy atom. The second kappa shape index (κ2) is 2.70. The summed E-state index contributed by atoms with van der Waals surface area (Å²) in [5, 5.41) is 0. The zero-order valence-electron chi connectivity index (χ0n) is 7.13. The molecule has 2 nitrogen and oxygen atoms in total. The van der Waals surface area contributed by atoms with Gasteiger partial charge in [-0.25, -0.2) is 4.98 Å². The van der Waals surface area contributed by atoms with E-state index in [9.17, 15) is 4.79 Å². The monoisotopic (exact) mass is 161 g/mol. The van der Waals surface area contributed by atoms with Crippen LogP contribution < -0.4 is 0 Å². The van der Waals surface area contributed by atoms with Crippen molar-refractivity contribution in [3.05, 3.63) is 29.1 Å². The number of Topliss-reactive ketones (excluding diaryl/α,β-unsaturated/α-hetero) is 1. The maximum atomic E-state index is 11.0. The van der Waals surface area contributed by atoms with Gasteiger partial charge in [-0.1, -0.05) is 6.07 Å². The lowest BCUT2D eigenvalue weighted by atomic mass is 10.2. The molecule has 0 saturated heterocycles. The van der Waals surface area contributed by atoms with Crippen molar-refractivity contribution in [2.24, 2.45) is 0 Å².